The predicted molar refractivity (Wildman–Crippen MR) is 87.5 cm³/mol. The van der Waals surface area contributed by atoms with Gasteiger partial charge in [0.05, 0.1) is 5.69 Å². The lowest BCUT2D eigenvalue weighted by Crippen LogP contribution is -1.86. The minimum Gasteiger partial charge on any atom is -0.421 e. The first-order valence-electron chi connectivity index (χ1n) is 7.31. The summed E-state index contributed by atoms with van der Waals surface area (Å²) in [6, 6.07) is 18.2. The quantitative estimate of drug-likeness (QED) is 0.618. The fourth-order valence-corrected chi connectivity index (χ4v) is 2.60. The zero-order valence-corrected chi connectivity index (χ0v) is 12.5. The average molecular weight is 302 g/mol. The lowest BCUT2D eigenvalue weighted by Gasteiger charge is -2.08. The molecule has 4 rings (SSSR count). The molecule has 2 heterocycles. The van der Waals surface area contributed by atoms with Gasteiger partial charge in [-0.15, -0.1) is 10.2 Å². The number of nitrogens with one attached hydrogen (secondary N) is 1. The molecule has 23 heavy (non-hydrogen) atoms. The summed E-state index contributed by atoms with van der Waals surface area (Å²) in [4.78, 5) is 0. The molecule has 0 amide bonds. The van der Waals surface area contributed by atoms with Crippen molar-refractivity contribution in [3.8, 4) is 33.8 Å². The maximum Gasteiger partial charge on any atom is 0.248 e. The molecule has 0 saturated carbocycles. The van der Waals surface area contributed by atoms with E-state index < -0.39 is 0 Å². The van der Waals surface area contributed by atoms with Crippen molar-refractivity contribution in [2.24, 2.45) is 0 Å². The third-order valence-corrected chi connectivity index (χ3v) is 3.67. The molecule has 5 heteroatoms. The van der Waals surface area contributed by atoms with Gasteiger partial charge in [0.25, 0.3) is 0 Å². The Bertz CT molecular complexity index is 941. The van der Waals surface area contributed by atoms with Crippen LogP contribution in [-0.4, -0.2) is 20.4 Å². The standard InChI is InChI=1S/C18H14N4O/c1-12-20-22-18(23-12)16-8-3-2-7-15(16)13-5-4-6-14(11-13)17-9-10-19-21-17/h2-11H,1H3,(H,19,21). The van der Waals surface area contributed by atoms with Crippen molar-refractivity contribution in [1.29, 1.82) is 0 Å². The molecule has 0 aliphatic heterocycles. The minimum absolute atomic E-state index is 0.532. The van der Waals surface area contributed by atoms with E-state index in [2.05, 4.69) is 44.7 Å². The number of aromatic amines is 1. The normalized spacial score (nSPS) is 10.8. The molecule has 0 atom stereocenters. The highest BCUT2D eigenvalue weighted by Gasteiger charge is 2.13. The molecule has 2 aromatic heterocycles. The summed E-state index contributed by atoms with van der Waals surface area (Å²) in [7, 11) is 0. The van der Waals surface area contributed by atoms with E-state index >= 15 is 0 Å². The van der Waals surface area contributed by atoms with Crippen LogP contribution in [0.4, 0.5) is 0 Å². The van der Waals surface area contributed by atoms with E-state index in [4.69, 9.17) is 4.42 Å². The zero-order valence-electron chi connectivity index (χ0n) is 12.5. The van der Waals surface area contributed by atoms with Crippen LogP contribution in [0.25, 0.3) is 33.8 Å². The van der Waals surface area contributed by atoms with E-state index in [0.717, 1.165) is 27.9 Å². The first kappa shape index (κ1) is 13.5. The van der Waals surface area contributed by atoms with Gasteiger partial charge in [0, 0.05) is 24.2 Å². The Morgan fingerprint density at radius 3 is 2.43 bits per heavy atom. The van der Waals surface area contributed by atoms with E-state index in [0.29, 0.717) is 11.8 Å². The number of aryl methyl sites for hydroxylation is 1. The summed E-state index contributed by atoms with van der Waals surface area (Å²) in [5.41, 5.74) is 5.13. The lowest BCUT2D eigenvalue weighted by molar-refractivity contribution is 0.533. The molecular weight excluding hydrogens is 288 g/mol. The molecule has 0 unspecified atom stereocenters. The number of hydrogen-bond acceptors (Lipinski definition) is 4. The first-order chi connectivity index (χ1) is 11.3. The summed E-state index contributed by atoms with van der Waals surface area (Å²) in [6.45, 7) is 1.79. The molecule has 112 valence electrons. The minimum atomic E-state index is 0.532. The fraction of sp³-hybridized carbons (Fsp3) is 0.0556. The summed E-state index contributed by atoms with van der Waals surface area (Å²) >= 11 is 0. The topological polar surface area (TPSA) is 67.6 Å². The molecule has 4 aromatic rings. The molecule has 0 fully saturated rings. The summed E-state index contributed by atoms with van der Waals surface area (Å²) in [5, 5.41) is 15.1. The van der Waals surface area contributed by atoms with Gasteiger partial charge in [0.1, 0.15) is 0 Å². The number of rotatable bonds is 3. The highest BCUT2D eigenvalue weighted by atomic mass is 16.4. The lowest BCUT2D eigenvalue weighted by atomic mass is 9.97. The van der Waals surface area contributed by atoms with Crippen LogP contribution in [0.3, 0.4) is 0 Å². The van der Waals surface area contributed by atoms with E-state index in [1.54, 1.807) is 13.1 Å². The van der Waals surface area contributed by atoms with Crippen molar-refractivity contribution >= 4 is 0 Å². The zero-order chi connectivity index (χ0) is 15.6. The second-order valence-corrected chi connectivity index (χ2v) is 5.22. The van der Waals surface area contributed by atoms with Gasteiger partial charge in [-0.05, 0) is 29.3 Å². The highest BCUT2D eigenvalue weighted by Crippen LogP contribution is 2.33. The Morgan fingerprint density at radius 1 is 0.870 bits per heavy atom. The van der Waals surface area contributed by atoms with E-state index in [9.17, 15) is 0 Å². The molecule has 0 radical (unpaired) electrons. The highest BCUT2D eigenvalue weighted by molar-refractivity contribution is 5.82. The molecule has 0 aliphatic carbocycles. The van der Waals surface area contributed by atoms with Crippen LogP contribution < -0.4 is 0 Å². The molecule has 1 N–H and O–H groups in total. The summed E-state index contributed by atoms with van der Waals surface area (Å²) in [5.74, 6) is 1.09. The Hall–Kier alpha value is -3.21. The molecular formula is C18H14N4O. The number of hydrogen-bond donors (Lipinski definition) is 1. The Kier molecular flexibility index (Phi) is 3.24. The van der Waals surface area contributed by atoms with Gasteiger partial charge in [-0.3, -0.25) is 5.10 Å². The largest absolute Gasteiger partial charge is 0.421 e. The molecule has 5 nitrogen and oxygen atoms in total. The number of benzene rings is 2. The number of nitrogens with zero attached hydrogens (tertiary/aromatic N) is 3. The second-order valence-electron chi connectivity index (χ2n) is 5.22. The van der Waals surface area contributed by atoms with Gasteiger partial charge in [0.15, 0.2) is 0 Å². The van der Waals surface area contributed by atoms with E-state index in [-0.39, 0.29) is 0 Å². The molecule has 0 bridgehead atoms. The van der Waals surface area contributed by atoms with Crippen LogP contribution in [-0.2, 0) is 0 Å². The molecule has 0 spiro atoms. The Morgan fingerprint density at radius 2 is 1.70 bits per heavy atom. The van der Waals surface area contributed by atoms with Gasteiger partial charge in [0.2, 0.25) is 11.8 Å². The maximum atomic E-state index is 5.60. The first-order valence-corrected chi connectivity index (χ1v) is 7.31. The van der Waals surface area contributed by atoms with Crippen molar-refractivity contribution < 1.29 is 4.42 Å². The smallest absolute Gasteiger partial charge is 0.248 e. The number of aromatic nitrogens is 4. The Balaban J connectivity index is 1.84. The van der Waals surface area contributed by atoms with Gasteiger partial charge in [-0.25, -0.2) is 0 Å². The monoisotopic (exact) mass is 302 g/mol. The second kappa shape index (κ2) is 5.53. The average Bonchev–Trinajstić information content (AvgIpc) is 3.27. The molecule has 0 saturated heterocycles. The van der Waals surface area contributed by atoms with Crippen LogP contribution >= 0.6 is 0 Å². The fourth-order valence-electron chi connectivity index (χ4n) is 2.60. The summed E-state index contributed by atoms with van der Waals surface area (Å²) < 4.78 is 5.60. The SMILES string of the molecule is Cc1nnc(-c2ccccc2-c2cccc(-c3ccn[nH]3)c2)o1. The van der Waals surface area contributed by atoms with Crippen molar-refractivity contribution in [3.05, 3.63) is 66.7 Å². The van der Waals surface area contributed by atoms with Crippen molar-refractivity contribution in [2.45, 2.75) is 6.92 Å². The van der Waals surface area contributed by atoms with Crippen LogP contribution in [0, 0.1) is 6.92 Å². The van der Waals surface area contributed by atoms with Crippen molar-refractivity contribution in [2.75, 3.05) is 0 Å². The van der Waals surface area contributed by atoms with Gasteiger partial charge >= 0.3 is 0 Å². The van der Waals surface area contributed by atoms with Crippen molar-refractivity contribution in [3.63, 3.8) is 0 Å². The third-order valence-electron chi connectivity index (χ3n) is 3.67. The van der Waals surface area contributed by atoms with Gasteiger partial charge in [-0.1, -0.05) is 36.4 Å². The van der Waals surface area contributed by atoms with Crippen LogP contribution in [0.2, 0.25) is 0 Å². The van der Waals surface area contributed by atoms with Crippen molar-refractivity contribution in [1.82, 2.24) is 20.4 Å². The van der Waals surface area contributed by atoms with Crippen LogP contribution in [0.15, 0.2) is 65.2 Å². The molecule has 2 aromatic carbocycles. The van der Waals surface area contributed by atoms with Crippen LogP contribution in [0.5, 0.6) is 0 Å². The van der Waals surface area contributed by atoms with Gasteiger partial charge < -0.3 is 4.42 Å². The maximum absolute atomic E-state index is 5.60. The van der Waals surface area contributed by atoms with E-state index in [1.807, 2.05) is 30.3 Å². The third kappa shape index (κ3) is 2.53. The van der Waals surface area contributed by atoms with E-state index in [1.165, 1.54) is 0 Å². The predicted octanol–water partition coefficient (Wildman–Crippen LogP) is 4.10. The number of H-pyrrole nitrogens is 1. The Labute approximate surface area is 133 Å². The summed E-state index contributed by atoms with van der Waals surface area (Å²) in [6.07, 6.45) is 1.75. The molecule has 0 aliphatic rings. The van der Waals surface area contributed by atoms with Gasteiger partial charge in [-0.2, -0.15) is 5.10 Å². The van der Waals surface area contributed by atoms with Crippen LogP contribution in [0.1, 0.15) is 5.89 Å².